The minimum atomic E-state index is -1.60. The zero-order valence-electron chi connectivity index (χ0n) is 8.93. The molecule has 1 aliphatic rings. The number of nitrogens with zero attached hydrogens (tertiary/aromatic N) is 1. The molecule has 4 N–H and O–H groups in total. The van der Waals surface area contributed by atoms with Crippen molar-refractivity contribution in [3.8, 4) is 0 Å². The fourth-order valence-corrected chi connectivity index (χ4v) is 2.24. The summed E-state index contributed by atoms with van der Waals surface area (Å²) in [5.41, 5.74) is -1.47. The highest BCUT2D eigenvalue weighted by Gasteiger charge is 2.44. The lowest BCUT2D eigenvalue weighted by Gasteiger charge is -2.38. The fraction of sp³-hybridized carbons (Fsp3) is 0.556. The van der Waals surface area contributed by atoms with Crippen molar-refractivity contribution in [2.24, 2.45) is 0 Å². The van der Waals surface area contributed by atoms with Crippen LogP contribution < -0.4 is 11.2 Å². The molecule has 1 fully saturated rings. The van der Waals surface area contributed by atoms with Gasteiger partial charge < -0.3 is 25.0 Å². The Bertz CT molecular complexity index is 514. The molecule has 9 heteroatoms. The summed E-state index contributed by atoms with van der Waals surface area (Å²) >= 11 is 2.94. The molecule has 0 bridgehead atoms. The van der Waals surface area contributed by atoms with Gasteiger partial charge >= 0.3 is 5.69 Å². The standard InChI is InChI=1S/C9H11BrN2O6/c10-7-5(15)4(14)6(16)8(18-7)12-3(13)1-2-11-9(12)17/h1-2,4-8,14-16H,(H,11,17)/t4-,5+,6+,7?,8?/m1/s1. The van der Waals surface area contributed by atoms with Crippen molar-refractivity contribution < 1.29 is 20.1 Å². The highest BCUT2D eigenvalue weighted by molar-refractivity contribution is 9.09. The number of hydrogen-bond acceptors (Lipinski definition) is 6. The van der Waals surface area contributed by atoms with Gasteiger partial charge in [-0.15, -0.1) is 0 Å². The third-order valence-corrected chi connectivity index (χ3v) is 3.43. The van der Waals surface area contributed by atoms with Crippen LogP contribution in [0.2, 0.25) is 0 Å². The van der Waals surface area contributed by atoms with E-state index in [1.807, 2.05) is 0 Å². The van der Waals surface area contributed by atoms with E-state index in [0.29, 0.717) is 4.57 Å². The lowest BCUT2D eigenvalue weighted by molar-refractivity contribution is -0.221. The van der Waals surface area contributed by atoms with E-state index in [-0.39, 0.29) is 0 Å². The molecule has 1 saturated heterocycles. The summed E-state index contributed by atoms with van der Waals surface area (Å²) < 4.78 is 5.76. The van der Waals surface area contributed by atoms with Crippen molar-refractivity contribution in [1.29, 1.82) is 0 Å². The van der Waals surface area contributed by atoms with Gasteiger partial charge in [0.2, 0.25) is 0 Å². The first-order chi connectivity index (χ1) is 8.43. The summed E-state index contributed by atoms with van der Waals surface area (Å²) in [7, 11) is 0. The van der Waals surface area contributed by atoms with Gasteiger partial charge in [0.15, 0.2) is 6.23 Å². The highest BCUT2D eigenvalue weighted by atomic mass is 79.9. The van der Waals surface area contributed by atoms with E-state index in [4.69, 9.17) is 4.74 Å². The number of aromatic nitrogens is 2. The van der Waals surface area contributed by atoms with E-state index < -0.39 is 40.8 Å². The van der Waals surface area contributed by atoms with Gasteiger partial charge in [-0.2, -0.15) is 0 Å². The number of H-pyrrole nitrogens is 1. The van der Waals surface area contributed by atoms with E-state index in [9.17, 15) is 24.9 Å². The van der Waals surface area contributed by atoms with E-state index in [1.165, 1.54) is 0 Å². The zero-order chi connectivity index (χ0) is 13.4. The van der Waals surface area contributed by atoms with Crippen molar-refractivity contribution >= 4 is 15.9 Å². The van der Waals surface area contributed by atoms with Gasteiger partial charge in [0.1, 0.15) is 23.3 Å². The minimum Gasteiger partial charge on any atom is -0.387 e. The summed E-state index contributed by atoms with van der Waals surface area (Å²) in [6.45, 7) is 0. The monoisotopic (exact) mass is 322 g/mol. The van der Waals surface area contributed by atoms with E-state index in [1.54, 1.807) is 0 Å². The summed E-state index contributed by atoms with van der Waals surface area (Å²) in [5.74, 6) is 0. The normalized spacial score (nSPS) is 36.6. The third-order valence-electron chi connectivity index (χ3n) is 2.67. The molecular formula is C9H11BrN2O6. The van der Waals surface area contributed by atoms with Gasteiger partial charge in [-0.1, -0.05) is 15.9 Å². The van der Waals surface area contributed by atoms with E-state index in [2.05, 4.69) is 20.9 Å². The van der Waals surface area contributed by atoms with E-state index >= 15 is 0 Å². The van der Waals surface area contributed by atoms with Gasteiger partial charge in [0.25, 0.3) is 5.56 Å². The molecule has 18 heavy (non-hydrogen) atoms. The molecule has 0 radical (unpaired) electrons. The number of aromatic amines is 1. The largest absolute Gasteiger partial charge is 0.387 e. The first-order valence-corrected chi connectivity index (χ1v) is 5.99. The van der Waals surface area contributed by atoms with Gasteiger partial charge in [-0.25, -0.2) is 9.36 Å². The molecular weight excluding hydrogens is 312 g/mol. The number of halogens is 1. The molecule has 0 saturated carbocycles. The van der Waals surface area contributed by atoms with Crippen LogP contribution in [0.5, 0.6) is 0 Å². The number of nitrogens with one attached hydrogen (secondary N) is 1. The second-order valence-corrected chi connectivity index (χ2v) is 4.74. The fourth-order valence-electron chi connectivity index (χ4n) is 1.71. The number of aliphatic hydroxyl groups excluding tert-OH is 3. The summed E-state index contributed by atoms with van der Waals surface area (Å²) in [5, 5.41) is 27.8. The van der Waals surface area contributed by atoms with Crippen LogP contribution in [-0.4, -0.2) is 48.2 Å². The van der Waals surface area contributed by atoms with Crippen LogP contribution >= 0.6 is 15.9 Å². The summed E-state index contributed by atoms with van der Waals surface area (Å²) in [6.07, 6.45) is -4.73. The molecule has 0 spiro atoms. The maximum Gasteiger partial charge on any atom is 0.330 e. The minimum absolute atomic E-state index is 0.633. The Hall–Kier alpha value is -1.00. The number of hydrogen-bond donors (Lipinski definition) is 4. The maximum atomic E-state index is 11.6. The number of rotatable bonds is 1. The molecule has 100 valence electrons. The Balaban J connectivity index is 2.45. The average molecular weight is 323 g/mol. The second kappa shape index (κ2) is 4.94. The topological polar surface area (TPSA) is 125 Å². The van der Waals surface area contributed by atoms with Crippen molar-refractivity contribution in [3.63, 3.8) is 0 Å². The van der Waals surface area contributed by atoms with Gasteiger partial charge in [0.05, 0.1) is 0 Å². The molecule has 0 aliphatic carbocycles. The molecule has 2 heterocycles. The lowest BCUT2D eigenvalue weighted by atomic mass is 10.0. The quantitative estimate of drug-likeness (QED) is 0.438. The SMILES string of the molecule is O=c1cc[nH]c(=O)n1C1OC(Br)[C@@H](O)[C@@H](O)[C@@H]1O. The van der Waals surface area contributed by atoms with Crippen LogP contribution in [0.1, 0.15) is 6.23 Å². The van der Waals surface area contributed by atoms with Gasteiger partial charge in [-0.3, -0.25) is 4.79 Å². The molecule has 1 aliphatic heterocycles. The zero-order valence-corrected chi connectivity index (χ0v) is 10.5. The lowest BCUT2D eigenvalue weighted by Crippen LogP contribution is -2.57. The highest BCUT2D eigenvalue weighted by Crippen LogP contribution is 2.29. The van der Waals surface area contributed by atoms with Crippen molar-refractivity contribution in [1.82, 2.24) is 9.55 Å². The first kappa shape index (κ1) is 13.4. The van der Waals surface area contributed by atoms with Gasteiger partial charge in [0, 0.05) is 12.3 Å². The predicted octanol–water partition coefficient (Wildman–Crippen LogP) is -2.13. The average Bonchev–Trinajstić information content (AvgIpc) is 2.32. The molecule has 0 amide bonds. The van der Waals surface area contributed by atoms with Crippen LogP contribution in [0, 0.1) is 0 Å². The smallest absolute Gasteiger partial charge is 0.330 e. The van der Waals surface area contributed by atoms with Crippen LogP contribution in [0.3, 0.4) is 0 Å². The third kappa shape index (κ3) is 2.15. The first-order valence-electron chi connectivity index (χ1n) is 5.07. The number of alkyl halides is 1. The summed E-state index contributed by atoms with van der Waals surface area (Å²) in [6, 6.07) is 1.08. The summed E-state index contributed by atoms with van der Waals surface area (Å²) in [4.78, 5) is 25.4. The maximum absolute atomic E-state index is 11.6. The molecule has 1 aromatic heterocycles. The molecule has 2 rings (SSSR count). The Kier molecular flexibility index (Phi) is 3.69. The van der Waals surface area contributed by atoms with Crippen LogP contribution in [0.4, 0.5) is 0 Å². The van der Waals surface area contributed by atoms with Crippen LogP contribution in [0.25, 0.3) is 0 Å². The Labute approximate surface area is 109 Å². The molecule has 1 aromatic rings. The Morgan fingerprint density at radius 3 is 2.50 bits per heavy atom. The predicted molar refractivity (Wildman–Crippen MR) is 62.2 cm³/mol. The number of aliphatic hydroxyl groups is 3. The van der Waals surface area contributed by atoms with Crippen molar-refractivity contribution in [2.75, 3.05) is 0 Å². The molecule has 5 atom stereocenters. The van der Waals surface area contributed by atoms with Crippen molar-refractivity contribution in [2.45, 2.75) is 29.6 Å². The van der Waals surface area contributed by atoms with Crippen LogP contribution in [-0.2, 0) is 4.74 Å². The second-order valence-electron chi connectivity index (χ2n) is 3.84. The molecule has 8 nitrogen and oxygen atoms in total. The molecule has 2 unspecified atom stereocenters. The van der Waals surface area contributed by atoms with Crippen molar-refractivity contribution in [3.05, 3.63) is 33.1 Å². The Morgan fingerprint density at radius 2 is 1.89 bits per heavy atom. The van der Waals surface area contributed by atoms with E-state index in [0.717, 1.165) is 12.3 Å². The van der Waals surface area contributed by atoms with Gasteiger partial charge in [-0.05, 0) is 0 Å². The Morgan fingerprint density at radius 1 is 1.22 bits per heavy atom. The molecule has 0 aromatic carbocycles. The van der Waals surface area contributed by atoms with Crippen LogP contribution in [0.15, 0.2) is 21.9 Å². The number of ether oxygens (including phenoxy) is 1.